The number of nitrogens with one attached hydrogen (secondary N) is 1. The van der Waals surface area contributed by atoms with E-state index in [1.807, 2.05) is 12.1 Å². The predicted molar refractivity (Wildman–Crippen MR) is 103 cm³/mol. The summed E-state index contributed by atoms with van der Waals surface area (Å²) >= 11 is 0. The van der Waals surface area contributed by atoms with Crippen LogP contribution in [0.1, 0.15) is 28.9 Å². The minimum atomic E-state index is 0.635. The smallest absolute Gasteiger partial charge is 0.182 e. The second kappa shape index (κ2) is 7.38. The van der Waals surface area contributed by atoms with Gasteiger partial charge in [0.1, 0.15) is 5.82 Å². The van der Waals surface area contributed by atoms with Gasteiger partial charge >= 0.3 is 0 Å². The molecule has 1 saturated heterocycles. The number of pyridine rings is 1. The van der Waals surface area contributed by atoms with Crippen molar-refractivity contribution in [1.29, 1.82) is 0 Å². The van der Waals surface area contributed by atoms with Gasteiger partial charge < -0.3 is 0 Å². The maximum Gasteiger partial charge on any atom is 0.182 e. The largest absolute Gasteiger partial charge is 0.299 e. The Morgan fingerprint density at radius 1 is 1.19 bits per heavy atom. The summed E-state index contributed by atoms with van der Waals surface area (Å²) in [6.45, 7) is 7.67. The van der Waals surface area contributed by atoms with Crippen molar-refractivity contribution in [1.82, 2.24) is 25.1 Å². The number of rotatable bonds is 5. The molecular formula is C21H25N5. The van der Waals surface area contributed by atoms with Crippen LogP contribution in [0.2, 0.25) is 0 Å². The van der Waals surface area contributed by atoms with Crippen molar-refractivity contribution < 1.29 is 0 Å². The number of nitrogens with zero attached hydrogens (tertiary/aromatic N) is 4. The lowest BCUT2D eigenvalue weighted by Crippen LogP contribution is -2.20. The number of benzene rings is 1. The summed E-state index contributed by atoms with van der Waals surface area (Å²) < 4.78 is 0. The van der Waals surface area contributed by atoms with Crippen LogP contribution in [-0.4, -0.2) is 38.2 Å². The van der Waals surface area contributed by atoms with Crippen LogP contribution in [0.3, 0.4) is 0 Å². The molecule has 1 aliphatic heterocycles. The summed E-state index contributed by atoms with van der Waals surface area (Å²) in [4.78, 5) is 11.3. The SMILES string of the molecule is Cc1ccc(CN2CCC(Cc3nc(-c4cccnc4)n[nH]3)C2)cc1C. The van der Waals surface area contributed by atoms with E-state index >= 15 is 0 Å². The lowest BCUT2D eigenvalue weighted by Gasteiger charge is -2.16. The van der Waals surface area contributed by atoms with Gasteiger partial charge in [0.2, 0.25) is 0 Å². The first-order valence-electron chi connectivity index (χ1n) is 9.27. The van der Waals surface area contributed by atoms with E-state index in [1.165, 1.54) is 23.1 Å². The van der Waals surface area contributed by atoms with Crippen LogP contribution in [0.5, 0.6) is 0 Å². The molecule has 0 radical (unpaired) electrons. The Balaban J connectivity index is 1.34. The highest BCUT2D eigenvalue weighted by Crippen LogP contribution is 2.23. The molecule has 1 unspecified atom stereocenters. The second-order valence-corrected chi connectivity index (χ2v) is 7.36. The molecule has 4 rings (SSSR count). The van der Waals surface area contributed by atoms with Gasteiger partial charge in [0.15, 0.2) is 5.82 Å². The first kappa shape index (κ1) is 16.9. The minimum Gasteiger partial charge on any atom is -0.299 e. The number of hydrogen-bond donors (Lipinski definition) is 1. The first-order chi connectivity index (χ1) is 12.7. The fraction of sp³-hybridized carbons (Fsp3) is 0.381. The van der Waals surface area contributed by atoms with Crippen molar-refractivity contribution in [3.63, 3.8) is 0 Å². The standard InChI is InChI=1S/C21H25N5/c1-15-5-6-17(10-16(15)2)13-26-9-7-18(14-26)11-20-23-21(25-24-20)19-4-3-8-22-12-19/h3-6,8,10,12,18H,7,9,11,13-14H2,1-2H3,(H,23,24,25). The molecule has 0 amide bonds. The molecule has 0 spiro atoms. The minimum absolute atomic E-state index is 0.635. The summed E-state index contributed by atoms with van der Waals surface area (Å²) in [5.74, 6) is 2.34. The van der Waals surface area contributed by atoms with E-state index in [0.717, 1.165) is 43.3 Å². The Morgan fingerprint density at radius 3 is 2.92 bits per heavy atom. The molecule has 26 heavy (non-hydrogen) atoms. The highest BCUT2D eigenvalue weighted by atomic mass is 15.2. The summed E-state index contributed by atoms with van der Waals surface area (Å²) in [5, 5.41) is 7.45. The molecule has 3 heterocycles. The average Bonchev–Trinajstić information content (AvgIpc) is 3.29. The van der Waals surface area contributed by atoms with Crippen molar-refractivity contribution in [2.75, 3.05) is 13.1 Å². The lowest BCUT2D eigenvalue weighted by atomic mass is 10.0. The Morgan fingerprint density at radius 2 is 2.12 bits per heavy atom. The normalized spacial score (nSPS) is 17.7. The van der Waals surface area contributed by atoms with Crippen LogP contribution in [0, 0.1) is 19.8 Å². The van der Waals surface area contributed by atoms with E-state index in [4.69, 9.17) is 0 Å². The van der Waals surface area contributed by atoms with E-state index in [-0.39, 0.29) is 0 Å². The summed E-state index contributed by atoms with van der Waals surface area (Å²) in [7, 11) is 0. The van der Waals surface area contributed by atoms with Crippen LogP contribution in [-0.2, 0) is 13.0 Å². The lowest BCUT2D eigenvalue weighted by molar-refractivity contribution is 0.315. The number of aryl methyl sites for hydroxylation is 2. The molecule has 2 aromatic heterocycles. The zero-order valence-corrected chi connectivity index (χ0v) is 15.4. The molecule has 134 valence electrons. The van der Waals surface area contributed by atoms with Gasteiger partial charge in [-0.2, -0.15) is 5.10 Å². The molecule has 3 aromatic rings. The quantitative estimate of drug-likeness (QED) is 0.767. The van der Waals surface area contributed by atoms with Crippen LogP contribution in [0.25, 0.3) is 11.4 Å². The molecule has 5 heteroatoms. The summed E-state index contributed by atoms with van der Waals surface area (Å²) in [6.07, 6.45) is 5.73. The van der Waals surface area contributed by atoms with Crippen molar-refractivity contribution >= 4 is 0 Å². The maximum atomic E-state index is 4.65. The van der Waals surface area contributed by atoms with Crippen LogP contribution < -0.4 is 0 Å². The Labute approximate surface area is 154 Å². The molecule has 0 bridgehead atoms. The predicted octanol–water partition coefficient (Wildman–Crippen LogP) is 3.55. The topological polar surface area (TPSA) is 57.7 Å². The van der Waals surface area contributed by atoms with Crippen molar-refractivity contribution in [3.8, 4) is 11.4 Å². The van der Waals surface area contributed by atoms with Crippen LogP contribution in [0.4, 0.5) is 0 Å². The Hall–Kier alpha value is -2.53. The summed E-state index contributed by atoms with van der Waals surface area (Å²) in [6, 6.07) is 10.7. The molecule has 5 nitrogen and oxygen atoms in total. The number of likely N-dealkylation sites (tertiary alicyclic amines) is 1. The maximum absolute atomic E-state index is 4.65. The third kappa shape index (κ3) is 3.83. The number of aromatic amines is 1. The van der Waals surface area contributed by atoms with Crippen molar-refractivity contribution in [2.24, 2.45) is 5.92 Å². The molecular weight excluding hydrogens is 322 g/mol. The number of aromatic nitrogens is 4. The third-order valence-corrected chi connectivity index (χ3v) is 5.28. The number of H-pyrrole nitrogens is 1. The second-order valence-electron chi connectivity index (χ2n) is 7.36. The van der Waals surface area contributed by atoms with Gasteiger partial charge in [-0.25, -0.2) is 4.98 Å². The fourth-order valence-electron chi connectivity index (χ4n) is 3.67. The number of hydrogen-bond acceptors (Lipinski definition) is 4. The highest BCUT2D eigenvalue weighted by molar-refractivity contribution is 5.52. The zero-order valence-electron chi connectivity index (χ0n) is 15.4. The van der Waals surface area contributed by atoms with E-state index in [1.54, 1.807) is 12.4 Å². The summed E-state index contributed by atoms with van der Waals surface area (Å²) in [5.41, 5.74) is 5.11. The van der Waals surface area contributed by atoms with E-state index in [0.29, 0.717) is 5.92 Å². The Kier molecular flexibility index (Phi) is 4.80. The van der Waals surface area contributed by atoms with Gasteiger partial charge in [-0.05, 0) is 61.6 Å². The van der Waals surface area contributed by atoms with Crippen LogP contribution in [0.15, 0.2) is 42.7 Å². The van der Waals surface area contributed by atoms with Gasteiger partial charge in [0, 0.05) is 37.5 Å². The molecule has 1 aliphatic rings. The van der Waals surface area contributed by atoms with E-state index in [2.05, 4.69) is 57.1 Å². The van der Waals surface area contributed by atoms with Gasteiger partial charge in [-0.3, -0.25) is 15.0 Å². The van der Waals surface area contributed by atoms with Gasteiger partial charge in [0.05, 0.1) is 0 Å². The molecule has 0 aliphatic carbocycles. The Bertz CT molecular complexity index is 871. The highest BCUT2D eigenvalue weighted by Gasteiger charge is 2.24. The van der Waals surface area contributed by atoms with Crippen molar-refractivity contribution in [3.05, 3.63) is 65.2 Å². The van der Waals surface area contributed by atoms with Crippen LogP contribution >= 0.6 is 0 Å². The molecule has 0 saturated carbocycles. The fourth-order valence-corrected chi connectivity index (χ4v) is 3.67. The third-order valence-electron chi connectivity index (χ3n) is 5.28. The molecule has 1 N–H and O–H groups in total. The molecule has 1 atom stereocenters. The van der Waals surface area contributed by atoms with Gasteiger partial charge in [-0.1, -0.05) is 18.2 Å². The van der Waals surface area contributed by atoms with Gasteiger partial charge in [-0.15, -0.1) is 0 Å². The van der Waals surface area contributed by atoms with E-state index in [9.17, 15) is 0 Å². The van der Waals surface area contributed by atoms with E-state index < -0.39 is 0 Å². The van der Waals surface area contributed by atoms with Gasteiger partial charge in [0.25, 0.3) is 0 Å². The first-order valence-corrected chi connectivity index (χ1v) is 9.27. The zero-order chi connectivity index (χ0) is 17.9. The molecule has 1 aromatic carbocycles. The molecule has 1 fully saturated rings. The van der Waals surface area contributed by atoms with Crippen molar-refractivity contribution in [2.45, 2.75) is 33.2 Å². The monoisotopic (exact) mass is 347 g/mol. The average molecular weight is 347 g/mol.